The highest BCUT2D eigenvalue weighted by Crippen LogP contribution is 2.49. The van der Waals surface area contributed by atoms with Crippen molar-refractivity contribution in [2.75, 3.05) is 13.7 Å². The summed E-state index contributed by atoms with van der Waals surface area (Å²) in [6, 6.07) is 9.43. The van der Waals surface area contributed by atoms with Crippen LogP contribution in [0.5, 0.6) is 5.75 Å². The van der Waals surface area contributed by atoms with Crippen LogP contribution in [0.2, 0.25) is 5.02 Å². The summed E-state index contributed by atoms with van der Waals surface area (Å²) in [4.78, 5) is 24.6. The Kier molecular flexibility index (Phi) is 4.66. The maximum absolute atomic E-state index is 13.7. The van der Waals surface area contributed by atoms with Crippen molar-refractivity contribution < 1.29 is 27.1 Å². The predicted octanol–water partition coefficient (Wildman–Crippen LogP) is 2.63. The Morgan fingerprint density at radius 1 is 1.21 bits per heavy atom. The smallest absolute Gasteiger partial charge is 0.228 e. The van der Waals surface area contributed by atoms with E-state index in [2.05, 4.69) is 0 Å². The summed E-state index contributed by atoms with van der Waals surface area (Å²) in [7, 11) is -2.73. The summed E-state index contributed by atoms with van der Waals surface area (Å²) in [6.45, 7) is -0.0375. The van der Waals surface area contributed by atoms with Gasteiger partial charge in [0.05, 0.1) is 18.4 Å². The monoisotopic (exact) mass is 437 g/mol. The molecule has 6 nitrogen and oxygen atoms in total. The van der Waals surface area contributed by atoms with Crippen molar-refractivity contribution in [1.29, 1.82) is 0 Å². The topological polar surface area (TPSA) is 80.8 Å². The zero-order valence-electron chi connectivity index (χ0n) is 15.4. The van der Waals surface area contributed by atoms with Crippen LogP contribution >= 0.6 is 11.6 Å². The summed E-state index contributed by atoms with van der Waals surface area (Å²) >= 11 is 5.84. The number of benzene rings is 2. The molecule has 9 heteroatoms. The maximum Gasteiger partial charge on any atom is 0.228 e. The molecule has 0 aliphatic carbocycles. The molecule has 2 unspecified atom stereocenters. The number of fused-ring (bicyclic) bond motifs is 1. The standard InChI is InChI=1S/C20H17ClFNO5S/c1-28-17-7-4-15(22)9-12(17)8-13-11-23-18(24)10-20(23,19(13)25)29(26,27)16-5-2-14(21)3-6-16/h2-7,9,13H,8,10-11H2,1H3. The first kappa shape index (κ1) is 19.8. The predicted molar refractivity (Wildman–Crippen MR) is 103 cm³/mol. The number of rotatable bonds is 5. The number of halogens is 2. The molecule has 0 saturated carbocycles. The number of ketones is 1. The largest absolute Gasteiger partial charge is 0.496 e. The molecular formula is C20H17ClFNO5S. The van der Waals surface area contributed by atoms with Crippen molar-refractivity contribution >= 4 is 33.1 Å². The van der Waals surface area contributed by atoms with Crippen LogP contribution in [-0.4, -0.2) is 43.5 Å². The summed E-state index contributed by atoms with van der Waals surface area (Å²) in [5.74, 6) is -1.83. The Labute approximate surface area is 172 Å². The summed E-state index contributed by atoms with van der Waals surface area (Å²) in [5.41, 5.74) is 0.444. The van der Waals surface area contributed by atoms with Gasteiger partial charge < -0.3 is 9.64 Å². The van der Waals surface area contributed by atoms with Crippen molar-refractivity contribution in [1.82, 2.24) is 4.90 Å². The molecule has 2 saturated heterocycles. The van der Waals surface area contributed by atoms with Crippen LogP contribution < -0.4 is 4.74 Å². The second kappa shape index (κ2) is 6.81. The molecule has 0 radical (unpaired) electrons. The van der Waals surface area contributed by atoms with E-state index in [1.807, 2.05) is 0 Å². The Balaban J connectivity index is 1.71. The van der Waals surface area contributed by atoms with E-state index in [1.54, 1.807) is 0 Å². The SMILES string of the molecule is COc1ccc(F)cc1CC1CN2C(=O)CC2(S(=O)(=O)c2ccc(Cl)cc2)C1=O. The van der Waals surface area contributed by atoms with Crippen LogP contribution in [0.4, 0.5) is 4.39 Å². The van der Waals surface area contributed by atoms with Crippen molar-refractivity contribution in [3.05, 3.63) is 58.9 Å². The Hall–Kier alpha value is -2.45. The van der Waals surface area contributed by atoms with Crippen molar-refractivity contribution in [2.45, 2.75) is 22.6 Å². The zero-order chi connectivity index (χ0) is 21.0. The molecule has 0 bridgehead atoms. The second-order valence-corrected chi connectivity index (χ2v) is 9.73. The van der Waals surface area contributed by atoms with Crippen LogP contribution in [0.3, 0.4) is 0 Å². The molecule has 1 amide bonds. The fourth-order valence-corrected chi connectivity index (χ4v) is 6.33. The number of methoxy groups -OCH3 is 1. The van der Waals surface area contributed by atoms with Crippen molar-refractivity contribution in [3.63, 3.8) is 0 Å². The first-order valence-electron chi connectivity index (χ1n) is 8.88. The van der Waals surface area contributed by atoms with Gasteiger partial charge in [-0.25, -0.2) is 12.8 Å². The molecule has 29 heavy (non-hydrogen) atoms. The van der Waals surface area contributed by atoms with E-state index >= 15 is 0 Å². The number of ether oxygens (including phenoxy) is 1. The van der Waals surface area contributed by atoms with Gasteiger partial charge in [-0.05, 0) is 54.4 Å². The number of amides is 1. The lowest BCUT2D eigenvalue weighted by molar-refractivity contribution is -0.150. The Morgan fingerprint density at radius 2 is 1.90 bits per heavy atom. The van der Waals surface area contributed by atoms with Crippen LogP contribution in [0.25, 0.3) is 0 Å². The van der Waals surface area contributed by atoms with Gasteiger partial charge in [-0.15, -0.1) is 0 Å². The van der Waals surface area contributed by atoms with Crippen molar-refractivity contribution in [2.24, 2.45) is 5.92 Å². The van der Waals surface area contributed by atoms with Crippen LogP contribution in [0.15, 0.2) is 47.4 Å². The molecule has 2 fully saturated rings. The normalized spacial score (nSPS) is 23.7. The maximum atomic E-state index is 13.7. The van der Waals surface area contributed by atoms with Gasteiger partial charge in [0.1, 0.15) is 11.6 Å². The van der Waals surface area contributed by atoms with Gasteiger partial charge in [-0.3, -0.25) is 9.59 Å². The average Bonchev–Trinajstić information content (AvgIpc) is 2.90. The van der Waals surface area contributed by atoms with Gasteiger partial charge in [0.15, 0.2) is 5.78 Å². The number of carbonyl (C=O) groups excluding carboxylic acids is 2. The van der Waals surface area contributed by atoms with E-state index in [-0.39, 0.29) is 17.9 Å². The molecule has 0 aromatic heterocycles. The molecule has 2 heterocycles. The van der Waals surface area contributed by atoms with Crippen LogP contribution in [-0.2, 0) is 25.8 Å². The van der Waals surface area contributed by atoms with E-state index in [0.29, 0.717) is 16.3 Å². The molecular weight excluding hydrogens is 421 g/mol. The molecule has 2 aromatic carbocycles. The Morgan fingerprint density at radius 3 is 2.52 bits per heavy atom. The molecule has 2 atom stereocenters. The number of nitrogens with zero attached hydrogens (tertiary/aromatic N) is 1. The van der Waals surface area contributed by atoms with Gasteiger partial charge >= 0.3 is 0 Å². The number of β-lactam (4-membered cyclic amide) rings is 1. The third-order valence-electron chi connectivity index (χ3n) is 5.56. The minimum absolute atomic E-state index is 0.0375. The average molecular weight is 438 g/mol. The third kappa shape index (κ3) is 2.85. The van der Waals surface area contributed by atoms with E-state index in [9.17, 15) is 22.4 Å². The lowest BCUT2D eigenvalue weighted by Gasteiger charge is -2.44. The highest BCUT2D eigenvalue weighted by Gasteiger charge is 2.70. The summed E-state index contributed by atoms with van der Waals surface area (Å²) in [6.07, 6.45) is -0.324. The van der Waals surface area contributed by atoms with Gasteiger partial charge in [-0.2, -0.15) is 0 Å². The highest BCUT2D eigenvalue weighted by molar-refractivity contribution is 7.93. The van der Waals surface area contributed by atoms with Gasteiger partial charge in [0.25, 0.3) is 0 Å². The first-order chi connectivity index (χ1) is 13.7. The molecule has 0 spiro atoms. The van der Waals surface area contributed by atoms with E-state index in [4.69, 9.17) is 16.3 Å². The molecule has 2 aromatic rings. The fourth-order valence-electron chi connectivity index (χ4n) is 4.11. The van der Waals surface area contributed by atoms with E-state index in [1.165, 1.54) is 49.6 Å². The lowest BCUT2D eigenvalue weighted by atomic mass is 9.92. The number of carbonyl (C=O) groups is 2. The van der Waals surface area contributed by atoms with E-state index in [0.717, 1.165) is 4.90 Å². The number of sulfone groups is 1. The highest BCUT2D eigenvalue weighted by atomic mass is 35.5. The molecule has 0 N–H and O–H groups in total. The van der Waals surface area contributed by atoms with E-state index < -0.39 is 44.6 Å². The lowest BCUT2D eigenvalue weighted by Crippen LogP contribution is -2.67. The number of hydrogen-bond acceptors (Lipinski definition) is 5. The Bertz CT molecular complexity index is 1120. The van der Waals surface area contributed by atoms with Gasteiger partial charge in [0.2, 0.25) is 20.6 Å². The first-order valence-corrected chi connectivity index (χ1v) is 10.7. The number of hydrogen-bond donors (Lipinski definition) is 0. The molecule has 2 aliphatic heterocycles. The fraction of sp³-hybridized carbons (Fsp3) is 0.300. The number of Topliss-reactive ketones (excluding diaryl/α,β-unsaturated/α-hetero) is 1. The van der Waals surface area contributed by atoms with Crippen LogP contribution in [0, 0.1) is 11.7 Å². The minimum Gasteiger partial charge on any atom is -0.496 e. The summed E-state index contributed by atoms with van der Waals surface area (Å²) < 4.78 is 45.5. The van der Waals surface area contributed by atoms with Gasteiger partial charge in [-0.1, -0.05) is 11.6 Å². The molecule has 2 aliphatic rings. The third-order valence-corrected chi connectivity index (χ3v) is 8.16. The van der Waals surface area contributed by atoms with Crippen LogP contribution in [0.1, 0.15) is 12.0 Å². The second-order valence-electron chi connectivity index (χ2n) is 7.14. The van der Waals surface area contributed by atoms with Crippen molar-refractivity contribution in [3.8, 4) is 5.75 Å². The summed E-state index contributed by atoms with van der Waals surface area (Å²) in [5, 5.41) is 0.358. The zero-order valence-corrected chi connectivity index (χ0v) is 17.0. The molecule has 4 rings (SSSR count). The quantitative estimate of drug-likeness (QED) is 0.672. The minimum atomic E-state index is -4.16. The van der Waals surface area contributed by atoms with Gasteiger partial charge in [0, 0.05) is 17.5 Å². The molecule has 152 valence electrons.